The topological polar surface area (TPSA) is 17.1 Å². The molecule has 0 spiro atoms. The highest BCUT2D eigenvalue weighted by atomic mass is 31.2. The molecule has 0 aromatic heterocycles. The zero-order valence-corrected chi connectivity index (χ0v) is 17.9. The van der Waals surface area contributed by atoms with E-state index in [9.17, 15) is 0 Å². The van der Waals surface area contributed by atoms with Gasteiger partial charge in [-0.1, -0.05) is 103 Å². The molecule has 0 atom stereocenters. The van der Waals surface area contributed by atoms with Gasteiger partial charge >= 0.3 is 0 Å². The summed E-state index contributed by atoms with van der Waals surface area (Å²) in [5.74, 6) is 0. The molecule has 0 saturated carbocycles. The normalized spacial score (nSPS) is 30.0. The summed E-state index contributed by atoms with van der Waals surface area (Å²) >= 11 is 0. The van der Waals surface area contributed by atoms with Crippen molar-refractivity contribution in [3.05, 3.63) is 114 Å². The molecular weight excluding hydrogens is 383 g/mol. The van der Waals surface area contributed by atoms with E-state index in [1.165, 1.54) is 16.5 Å². The fourth-order valence-corrected chi connectivity index (χ4v) is 11.8. The van der Waals surface area contributed by atoms with Crippen LogP contribution in [0, 0.1) is 0 Å². The Balaban J connectivity index is 1.72. The first-order chi connectivity index (χ1) is 14.7. The van der Waals surface area contributed by atoms with Gasteiger partial charge in [0.15, 0.2) is 0 Å². The highest BCUT2D eigenvalue weighted by Crippen LogP contribution is 2.88. The third kappa shape index (κ3) is 2.12. The molecule has 0 N–H and O–H groups in total. The second-order valence-corrected chi connectivity index (χ2v) is 12.3. The minimum absolute atomic E-state index is 0.270. The summed E-state index contributed by atoms with van der Waals surface area (Å²) in [5, 5.41) is 2.89. The summed E-state index contributed by atoms with van der Waals surface area (Å²) in [4.78, 5) is 0. The summed E-state index contributed by atoms with van der Waals surface area (Å²) in [7, 11) is -2.84. The predicted octanol–water partition coefficient (Wildman–Crippen LogP) is 7.21. The summed E-state index contributed by atoms with van der Waals surface area (Å²) in [6.45, 7) is 0. The molecule has 0 radical (unpaired) electrons. The van der Waals surface area contributed by atoms with Crippen molar-refractivity contribution >= 4 is 23.2 Å². The van der Waals surface area contributed by atoms with E-state index < -0.39 is 7.14 Å². The Hall–Kier alpha value is -2.63. The van der Waals surface area contributed by atoms with Crippen LogP contribution in [0.25, 0.3) is 10.8 Å². The van der Waals surface area contributed by atoms with Gasteiger partial charge < -0.3 is 4.57 Å². The van der Waals surface area contributed by atoms with E-state index in [1.807, 2.05) is 0 Å². The second kappa shape index (κ2) is 6.43. The number of hydrogen-bond acceptors (Lipinski definition) is 1. The van der Waals surface area contributed by atoms with Crippen molar-refractivity contribution in [1.29, 1.82) is 0 Å². The highest BCUT2D eigenvalue weighted by molar-refractivity contribution is 7.74. The van der Waals surface area contributed by atoms with Crippen LogP contribution in [0.5, 0.6) is 0 Å². The standard InChI is InChI=1S/C28H25OP/c29-30(26-17-9-11-22-10-7-8-16-25(22)26)27(23-12-3-1-4-13-23)18-20-28(30,21-19-27)24-14-5-2-6-15-24/h1-17H,18-21H2. The Morgan fingerprint density at radius 3 is 1.57 bits per heavy atom. The average molecular weight is 408 g/mol. The van der Waals surface area contributed by atoms with E-state index in [2.05, 4.69) is 103 Å². The van der Waals surface area contributed by atoms with Crippen molar-refractivity contribution < 1.29 is 4.57 Å². The van der Waals surface area contributed by atoms with Crippen molar-refractivity contribution in [1.82, 2.24) is 0 Å². The fraction of sp³-hybridized carbons (Fsp3) is 0.214. The van der Waals surface area contributed by atoms with Gasteiger partial charge in [-0.25, -0.2) is 0 Å². The third-order valence-corrected chi connectivity index (χ3v) is 12.7. The smallest absolute Gasteiger partial charge is 0.136 e. The first kappa shape index (κ1) is 18.2. The molecule has 1 nitrogen and oxygen atoms in total. The van der Waals surface area contributed by atoms with E-state index in [4.69, 9.17) is 0 Å². The zero-order valence-electron chi connectivity index (χ0n) is 17.0. The van der Waals surface area contributed by atoms with Gasteiger partial charge in [-0.2, -0.15) is 0 Å². The lowest BCUT2D eigenvalue weighted by Gasteiger charge is -2.37. The van der Waals surface area contributed by atoms with Gasteiger partial charge in [0.05, 0.1) is 10.3 Å². The van der Waals surface area contributed by atoms with E-state index in [1.54, 1.807) is 0 Å². The lowest BCUT2D eigenvalue weighted by molar-refractivity contribution is 0.394. The number of hydrogen-bond donors (Lipinski definition) is 0. The molecule has 2 saturated heterocycles. The highest BCUT2D eigenvalue weighted by Gasteiger charge is 2.71. The largest absolute Gasteiger partial charge is 0.317 e. The van der Waals surface area contributed by atoms with Gasteiger partial charge in [-0.3, -0.25) is 0 Å². The summed E-state index contributed by atoms with van der Waals surface area (Å²) in [6.07, 6.45) is 3.97. The van der Waals surface area contributed by atoms with Gasteiger partial charge in [0.1, 0.15) is 7.14 Å². The van der Waals surface area contributed by atoms with Crippen molar-refractivity contribution in [3.8, 4) is 0 Å². The number of benzene rings is 4. The zero-order chi connectivity index (χ0) is 20.2. The second-order valence-electron chi connectivity index (χ2n) is 8.90. The van der Waals surface area contributed by atoms with Gasteiger partial charge in [0.25, 0.3) is 0 Å². The van der Waals surface area contributed by atoms with E-state index in [0.29, 0.717) is 0 Å². The lowest BCUT2D eigenvalue weighted by atomic mass is 9.76. The lowest BCUT2D eigenvalue weighted by Crippen LogP contribution is -2.27. The van der Waals surface area contributed by atoms with Crippen LogP contribution in [0.15, 0.2) is 103 Å². The first-order valence-electron chi connectivity index (χ1n) is 10.9. The SMILES string of the molecule is O=P1(c2cccc3ccccc23)C2(c3ccccc3)CCC1(c1ccccc1)CC2. The van der Waals surface area contributed by atoms with Gasteiger partial charge in [-0.05, 0) is 47.6 Å². The molecule has 2 heterocycles. The Morgan fingerprint density at radius 1 is 0.533 bits per heavy atom. The van der Waals surface area contributed by atoms with Gasteiger partial charge in [0, 0.05) is 5.30 Å². The average Bonchev–Trinajstić information content (AvgIpc) is 3.25. The van der Waals surface area contributed by atoms with Crippen molar-refractivity contribution in [3.63, 3.8) is 0 Å². The third-order valence-electron chi connectivity index (χ3n) is 7.84. The Bertz CT molecular complexity index is 1200. The molecule has 2 fully saturated rings. The van der Waals surface area contributed by atoms with Crippen molar-refractivity contribution in [2.75, 3.05) is 0 Å². The molecule has 0 aliphatic carbocycles. The fourth-order valence-electron chi connectivity index (χ4n) is 6.50. The molecule has 0 amide bonds. The summed E-state index contributed by atoms with van der Waals surface area (Å²) in [6, 6.07) is 36.3. The quantitative estimate of drug-likeness (QED) is 0.327. The van der Waals surface area contributed by atoms with Crippen molar-refractivity contribution in [2.45, 2.75) is 36.0 Å². The maximum atomic E-state index is 15.8. The maximum Gasteiger partial charge on any atom is 0.136 e. The maximum absolute atomic E-state index is 15.8. The minimum atomic E-state index is -2.84. The molecule has 4 aromatic carbocycles. The number of rotatable bonds is 3. The molecule has 2 heteroatoms. The van der Waals surface area contributed by atoms with Gasteiger partial charge in [-0.15, -0.1) is 0 Å². The number of fused-ring (bicyclic) bond motifs is 3. The van der Waals surface area contributed by atoms with Crippen molar-refractivity contribution in [2.24, 2.45) is 0 Å². The molecule has 30 heavy (non-hydrogen) atoms. The molecule has 4 aromatic rings. The van der Waals surface area contributed by atoms with E-state index in [-0.39, 0.29) is 10.3 Å². The first-order valence-corrected chi connectivity index (χ1v) is 12.6. The van der Waals surface area contributed by atoms with Crippen LogP contribution in [0.3, 0.4) is 0 Å². The van der Waals surface area contributed by atoms with Crippen LogP contribution in [0.4, 0.5) is 0 Å². The van der Waals surface area contributed by atoms with Crippen LogP contribution >= 0.6 is 7.14 Å². The van der Waals surface area contributed by atoms with Crippen LogP contribution in [0.1, 0.15) is 36.8 Å². The Kier molecular flexibility index (Phi) is 3.89. The van der Waals surface area contributed by atoms with E-state index >= 15 is 4.57 Å². The summed E-state index contributed by atoms with van der Waals surface area (Å²) < 4.78 is 15.8. The molecule has 6 rings (SSSR count). The van der Waals surface area contributed by atoms with Gasteiger partial charge in [0.2, 0.25) is 0 Å². The molecular formula is C28H25OP. The predicted molar refractivity (Wildman–Crippen MR) is 126 cm³/mol. The minimum Gasteiger partial charge on any atom is -0.317 e. The molecule has 2 bridgehead atoms. The Morgan fingerprint density at radius 2 is 1.00 bits per heavy atom. The van der Waals surface area contributed by atoms with Crippen LogP contribution in [-0.2, 0) is 14.9 Å². The van der Waals surface area contributed by atoms with E-state index in [0.717, 1.165) is 36.4 Å². The molecule has 148 valence electrons. The van der Waals surface area contributed by atoms with Crippen LogP contribution in [-0.4, -0.2) is 0 Å². The molecule has 0 unspecified atom stereocenters. The Labute approximate surface area is 178 Å². The monoisotopic (exact) mass is 408 g/mol. The van der Waals surface area contributed by atoms with Crippen LogP contribution in [0.2, 0.25) is 0 Å². The summed E-state index contributed by atoms with van der Waals surface area (Å²) in [5.41, 5.74) is 2.52. The molecule has 2 aliphatic heterocycles. The molecule has 2 aliphatic rings. The van der Waals surface area contributed by atoms with Crippen LogP contribution < -0.4 is 5.30 Å².